The van der Waals surface area contributed by atoms with Crippen molar-refractivity contribution in [3.63, 3.8) is 0 Å². The van der Waals surface area contributed by atoms with Crippen LogP contribution in [-0.2, 0) is 4.74 Å². The first kappa shape index (κ1) is 17.5. The van der Waals surface area contributed by atoms with Gasteiger partial charge in [-0.15, -0.1) is 0 Å². The summed E-state index contributed by atoms with van der Waals surface area (Å²) in [7, 11) is -1.56. The number of ether oxygens (including phenoxy) is 1. The predicted octanol–water partition coefficient (Wildman–Crippen LogP) is 1.08. The van der Waals surface area contributed by atoms with E-state index in [0.717, 1.165) is 0 Å². The van der Waals surface area contributed by atoms with Crippen LogP contribution in [0.3, 0.4) is 0 Å². The summed E-state index contributed by atoms with van der Waals surface area (Å²) < 4.78 is 5.37. The summed E-state index contributed by atoms with van der Waals surface area (Å²) in [6.07, 6.45) is 1.07. The molecule has 0 fully saturated rings. The number of nitrogens with zero attached hydrogens (tertiary/aromatic N) is 2. The van der Waals surface area contributed by atoms with Crippen LogP contribution in [-0.4, -0.2) is 45.3 Å². The van der Waals surface area contributed by atoms with E-state index in [9.17, 15) is 14.8 Å². The third-order valence-corrected chi connectivity index (χ3v) is 2.97. The lowest BCUT2D eigenvalue weighted by Gasteiger charge is -2.30. The van der Waals surface area contributed by atoms with Gasteiger partial charge >= 0.3 is 13.2 Å². The van der Waals surface area contributed by atoms with Crippen LogP contribution in [0.1, 0.15) is 46.4 Å². The lowest BCUT2D eigenvalue weighted by atomic mass is 9.80. The van der Waals surface area contributed by atoms with Gasteiger partial charge in [0, 0.05) is 12.7 Å². The minimum Gasteiger partial charge on any atom is -0.444 e. The molecule has 1 rings (SSSR count). The van der Waals surface area contributed by atoms with Gasteiger partial charge in [-0.25, -0.2) is 4.79 Å². The Balaban J connectivity index is 2.95. The van der Waals surface area contributed by atoms with Crippen LogP contribution in [0.2, 0.25) is 0 Å². The molecule has 0 saturated carbocycles. The second-order valence-corrected chi connectivity index (χ2v) is 5.83. The fourth-order valence-corrected chi connectivity index (χ4v) is 1.90. The van der Waals surface area contributed by atoms with E-state index in [2.05, 4.69) is 4.98 Å². The van der Waals surface area contributed by atoms with Crippen LogP contribution in [0.5, 0.6) is 0 Å². The van der Waals surface area contributed by atoms with Crippen molar-refractivity contribution in [2.45, 2.75) is 46.3 Å². The second kappa shape index (κ2) is 6.91. The van der Waals surface area contributed by atoms with Crippen molar-refractivity contribution >= 4 is 18.7 Å². The quantitative estimate of drug-likeness (QED) is 0.812. The molecule has 0 spiro atoms. The number of hydrogen-bond donors (Lipinski definition) is 2. The molecule has 1 unspecified atom stereocenters. The highest BCUT2D eigenvalue weighted by molar-refractivity contribution is 6.58. The second-order valence-electron chi connectivity index (χ2n) is 5.83. The molecule has 0 aliphatic carbocycles. The summed E-state index contributed by atoms with van der Waals surface area (Å²) in [5.41, 5.74) is 0.348. The highest BCUT2D eigenvalue weighted by Gasteiger charge is 2.26. The van der Waals surface area contributed by atoms with Crippen molar-refractivity contribution in [1.29, 1.82) is 0 Å². The van der Waals surface area contributed by atoms with Crippen LogP contribution >= 0.6 is 0 Å². The molecule has 6 nitrogen and oxygen atoms in total. The zero-order valence-corrected chi connectivity index (χ0v) is 13.2. The Morgan fingerprint density at radius 1 is 1.48 bits per heavy atom. The Morgan fingerprint density at radius 3 is 2.57 bits per heavy atom. The number of carbonyl (C=O) groups excluding carboxylic acids is 1. The maximum absolute atomic E-state index is 12.2. The van der Waals surface area contributed by atoms with E-state index in [4.69, 9.17) is 4.74 Å². The van der Waals surface area contributed by atoms with E-state index in [-0.39, 0.29) is 6.04 Å². The van der Waals surface area contributed by atoms with Crippen molar-refractivity contribution < 1.29 is 19.6 Å². The average Bonchev–Trinajstić information content (AvgIpc) is 2.37. The number of aromatic nitrogens is 1. The lowest BCUT2D eigenvalue weighted by molar-refractivity contribution is 0.0182. The molecule has 7 heteroatoms. The van der Waals surface area contributed by atoms with E-state index in [1.165, 1.54) is 12.3 Å². The van der Waals surface area contributed by atoms with Gasteiger partial charge in [-0.1, -0.05) is 0 Å². The number of carbonyl (C=O) groups is 1. The largest absolute Gasteiger partial charge is 0.488 e. The van der Waals surface area contributed by atoms with Crippen molar-refractivity contribution in [3.8, 4) is 0 Å². The molecule has 116 valence electrons. The van der Waals surface area contributed by atoms with Gasteiger partial charge in [0.1, 0.15) is 5.60 Å². The van der Waals surface area contributed by atoms with Crippen LogP contribution < -0.4 is 5.46 Å². The Kier molecular flexibility index (Phi) is 5.74. The highest BCUT2D eigenvalue weighted by Crippen LogP contribution is 2.20. The van der Waals surface area contributed by atoms with Crippen molar-refractivity contribution in [2.24, 2.45) is 0 Å². The number of rotatable bonds is 4. The normalized spacial score (nSPS) is 12.7. The van der Waals surface area contributed by atoms with Gasteiger partial charge in [0.25, 0.3) is 0 Å². The number of amides is 1. The zero-order valence-electron chi connectivity index (χ0n) is 13.2. The molecule has 0 aromatic carbocycles. The van der Waals surface area contributed by atoms with Gasteiger partial charge in [-0.2, -0.15) is 0 Å². The van der Waals surface area contributed by atoms with Crippen LogP contribution in [0.25, 0.3) is 0 Å². The number of hydrogen-bond acceptors (Lipinski definition) is 5. The topological polar surface area (TPSA) is 82.9 Å². The van der Waals surface area contributed by atoms with E-state index < -0.39 is 18.8 Å². The van der Waals surface area contributed by atoms with Crippen LogP contribution in [0, 0.1) is 0 Å². The summed E-state index contributed by atoms with van der Waals surface area (Å²) in [5, 5.41) is 18.4. The van der Waals surface area contributed by atoms with E-state index in [1.807, 2.05) is 34.6 Å². The van der Waals surface area contributed by atoms with Crippen LogP contribution in [0.15, 0.2) is 18.3 Å². The first-order valence-electron chi connectivity index (χ1n) is 6.97. The molecule has 1 aromatic rings. The van der Waals surface area contributed by atoms with E-state index >= 15 is 0 Å². The van der Waals surface area contributed by atoms with Gasteiger partial charge in [0.05, 0.1) is 11.7 Å². The monoisotopic (exact) mass is 294 g/mol. The fourth-order valence-electron chi connectivity index (χ4n) is 1.90. The van der Waals surface area contributed by atoms with Crippen LogP contribution in [0.4, 0.5) is 4.79 Å². The summed E-state index contributed by atoms with van der Waals surface area (Å²) in [4.78, 5) is 17.9. The van der Waals surface area contributed by atoms with Crippen molar-refractivity contribution in [3.05, 3.63) is 24.0 Å². The Labute approximate surface area is 125 Å². The minimum absolute atomic E-state index is 0.330. The summed E-state index contributed by atoms with van der Waals surface area (Å²) in [6.45, 7) is 9.57. The summed E-state index contributed by atoms with van der Waals surface area (Å²) in [6, 6.07) is 2.76. The SMILES string of the molecule is CCN(C(=O)OC(C)(C)C)C(C)c1cc(B(O)O)ccn1. The maximum atomic E-state index is 12.2. The molecule has 1 amide bonds. The first-order chi connectivity index (χ1) is 9.65. The molecule has 1 heterocycles. The third-order valence-electron chi connectivity index (χ3n) is 2.97. The van der Waals surface area contributed by atoms with Gasteiger partial charge < -0.3 is 19.7 Å². The minimum atomic E-state index is -1.56. The molecule has 0 saturated heterocycles. The Hall–Kier alpha value is -1.60. The van der Waals surface area contributed by atoms with Gasteiger partial charge in [-0.3, -0.25) is 4.98 Å². The maximum Gasteiger partial charge on any atom is 0.488 e. The molecule has 0 aliphatic rings. The molecule has 0 bridgehead atoms. The molecular formula is C14H23BN2O4. The standard InChI is InChI=1S/C14H23BN2O4/c1-6-17(13(18)21-14(3,4)5)10(2)12-9-11(15(19)20)7-8-16-12/h7-10,19-20H,6H2,1-5H3. The van der Waals surface area contributed by atoms with Gasteiger partial charge in [0.2, 0.25) is 0 Å². The van der Waals surface area contributed by atoms with E-state index in [0.29, 0.717) is 17.7 Å². The molecule has 0 aliphatic heterocycles. The van der Waals surface area contributed by atoms with Crippen molar-refractivity contribution in [2.75, 3.05) is 6.54 Å². The van der Waals surface area contributed by atoms with Gasteiger partial charge in [0.15, 0.2) is 0 Å². The molecule has 0 radical (unpaired) electrons. The molecule has 21 heavy (non-hydrogen) atoms. The predicted molar refractivity (Wildman–Crippen MR) is 81.1 cm³/mol. The summed E-state index contributed by atoms with van der Waals surface area (Å²) in [5.74, 6) is 0. The Bertz CT molecular complexity index is 488. The summed E-state index contributed by atoms with van der Waals surface area (Å²) >= 11 is 0. The zero-order chi connectivity index (χ0) is 16.2. The highest BCUT2D eigenvalue weighted by atomic mass is 16.6. The number of pyridine rings is 1. The Morgan fingerprint density at radius 2 is 2.10 bits per heavy atom. The molecule has 1 atom stereocenters. The van der Waals surface area contributed by atoms with E-state index in [1.54, 1.807) is 11.0 Å². The lowest BCUT2D eigenvalue weighted by Crippen LogP contribution is -2.39. The average molecular weight is 294 g/mol. The van der Waals surface area contributed by atoms with Crippen molar-refractivity contribution in [1.82, 2.24) is 9.88 Å². The molecule has 1 aromatic heterocycles. The third kappa shape index (κ3) is 5.02. The van der Waals surface area contributed by atoms with Gasteiger partial charge in [-0.05, 0) is 52.2 Å². The molecular weight excluding hydrogens is 271 g/mol. The molecule has 2 N–H and O–H groups in total. The fraction of sp³-hybridized carbons (Fsp3) is 0.571. The first-order valence-corrected chi connectivity index (χ1v) is 6.97. The smallest absolute Gasteiger partial charge is 0.444 e.